The molecular weight excluding hydrogens is 374 g/mol. The number of ether oxygens (including phenoxy) is 2. The molecular formula is C21H17N3O5. The molecule has 0 unspecified atom stereocenters. The topological polar surface area (TPSA) is 99.6 Å². The van der Waals surface area contributed by atoms with Crippen molar-refractivity contribution in [3.63, 3.8) is 0 Å². The van der Waals surface area contributed by atoms with Crippen molar-refractivity contribution in [3.05, 3.63) is 66.9 Å². The summed E-state index contributed by atoms with van der Waals surface area (Å²) in [5, 5.41) is 6.72. The number of nitrogens with one attached hydrogen (secondary N) is 1. The first-order valence-electron chi connectivity index (χ1n) is 8.76. The molecule has 2 aromatic carbocycles. The van der Waals surface area contributed by atoms with Crippen LogP contribution in [0.4, 0.5) is 5.69 Å². The third-order valence-corrected chi connectivity index (χ3v) is 4.00. The fourth-order valence-corrected chi connectivity index (χ4v) is 2.65. The number of carbonyl (C=O) groups excluding carboxylic acids is 1. The van der Waals surface area contributed by atoms with E-state index in [4.69, 9.17) is 18.4 Å². The van der Waals surface area contributed by atoms with Crippen LogP contribution in [0.15, 0.2) is 75.9 Å². The minimum absolute atomic E-state index is 0.161. The smallest absolute Gasteiger partial charge is 0.293 e. The highest BCUT2D eigenvalue weighted by atomic mass is 16.5. The highest BCUT2D eigenvalue weighted by Gasteiger charge is 2.13. The van der Waals surface area contributed by atoms with Gasteiger partial charge in [-0.1, -0.05) is 29.4 Å². The Bertz CT molecular complexity index is 1100. The van der Waals surface area contributed by atoms with Crippen molar-refractivity contribution in [2.75, 3.05) is 19.0 Å². The van der Waals surface area contributed by atoms with E-state index in [0.29, 0.717) is 34.3 Å². The summed E-state index contributed by atoms with van der Waals surface area (Å²) in [5.41, 5.74) is 1.27. The first kappa shape index (κ1) is 18.3. The van der Waals surface area contributed by atoms with E-state index in [0.717, 1.165) is 0 Å². The molecule has 1 N–H and O–H groups in total. The lowest BCUT2D eigenvalue weighted by Crippen LogP contribution is -2.20. The van der Waals surface area contributed by atoms with Gasteiger partial charge in [-0.15, -0.1) is 0 Å². The number of furan rings is 1. The van der Waals surface area contributed by atoms with Gasteiger partial charge in [0.15, 0.2) is 12.4 Å². The summed E-state index contributed by atoms with van der Waals surface area (Å²) in [4.78, 5) is 16.5. The van der Waals surface area contributed by atoms with Crippen molar-refractivity contribution in [3.8, 4) is 34.5 Å². The Labute approximate surface area is 166 Å². The van der Waals surface area contributed by atoms with E-state index in [9.17, 15) is 4.79 Å². The van der Waals surface area contributed by atoms with E-state index < -0.39 is 0 Å². The Balaban J connectivity index is 1.41. The normalized spacial score (nSPS) is 10.5. The van der Waals surface area contributed by atoms with Crippen LogP contribution in [0, 0.1) is 0 Å². The van der Waals surface area contributed by atoms with E-state index >= 15 is 0 Å². The summed E-state index contributed by atoms with van der Waals surface area (Å²) < 4.78 is 21.3. The number of methoxy groups -OCH3 is 1. The number of hydrogen-bond donors (Lipinski definition) is 1. The first-order chi connectivity index (χ1) is 14.2. The zero-order valence-electron chi connectivity index (χ0n) is 15.5. The average Bonchev–Trinajstić information content (AvgIpc) is 3.45. The summed E-state index contributed by atoms with van der Waals surface area (Å²) in [7, 11) is 1.54. The molecule has 4 rings (SSSR count). The molecule has 0 spiro atoms. The third-order valence-electron chi connectivity index (χ3n) is 4.00. The maximum atomic E-state index is 12.2. The van der Waals surface area contributed by atoms with Gasteiger partial charge < -0.3 is 23.7 Å². The summed E-state index contributed by atoms with van der Waals surface area (Å²) in [5.74, 6) is 1.94. The number of anilines is 1. The second kappa shape index (κ2) is 8.30. The number of para-hydroxylation sites is 2. The number of rotatable bonds is 7. The van der Waals surface area contributed by atoms with Crippen molar-refractivity contribution in [1.82, 2.24) is 10.1 Å². The van der Waals surface area contributed by atoms with E-state index in [1.165, 1.54) is 6.26 Å². The van der Waals surface area contributed by atoms with Gasteiger partial charge in [0.25, 0.3) is 11.8 Å². The second-order valence-electron chi connectivity index (χ2n) is 5.97. The van der Waals surface area contributed by atoms with E-state index in [-0.39, 0.29) is 18.4 Å². The molecule has 0 fully saturated rings. The molecule has 8 nitrogen and oxygen atoms in total. The predicted octanol–water partition coefficient (Wildman–Crippen LogP) is 4.02. The number of amides is 1. The molecule has 146 valence electrons. The van der Waals surface area contributed by atoms with E-state index in [1.54, 1.807) is 49.6 Å². The Morgan fingerprint density at radius 1 is 1.10 bits per heavy atom. The van der Waals surface area contributed by atoms with Gasteiger partial charge in [0.05, 0.1) is 19.1 Å². The van der Waals surface area contributed by atoms with Crippen LogP contribution < -0.4 is 14.8 Å². The molecule has 0 bridgehead atoms. The molecule has 0 radical (unpaired) electrons. The van der Waals surface area contributed by atoms with Crippen LogP contribution in [0.3, 0.4) is 0 Å². The minimum Gasteiger partial charge on any atom is -0.495 e. The fourth-order valence-electron chi connectivity index (χ4n) is 2.65. The number of nitrogens with zero attached hydrogens (tertiary/aromatic N) is 2. The van der Waals surface area contributed by atoms with Crippen LogP contribution in [0.5, 0.6) is 11.5 Å². The highest BCUT2D eigenvalue weighted by Crippen LogP contribution is 2.26. The monoisotopic (exact) mass is 391 g/mol. The van der Waals surface area contributed by atoms with Crippen LogP contribution in [0.1, 0.15) is 0 Å². The van der Waals surface area contributed by atoms with Crippen molar-refractivity contribution >= 4 is 11.6 Å². The van der Waals surface area contributed by atoms with Gasteiger partial charge in [-0.25, -0.2) is 0 Å². The molecule has 0 atom stereocenters. The minimum atomic E-state index is -0.306. The van der Waals surface area contributed by atoms with Gasteiger partial charge in [0, 0.05) is 5.56 Å². The second-order valence-corrected chi connectivity index (χ2v) is 5.97. The van der Waals surface area contributed by atoms with Gasteiger partial charge in [0.2, 0.25) is 5.82 Å². The molecule has 2 aromatic heterocycles. The maximum absolute atomic E-state index is 12.2. The Hall–Kier alpha value is -4.07. The standard InChI is InChI=1S/C21H17N3O5/c1-26-17-9-3-2-8-16(17)22-19(25)13-28-15-7-4-6-14(12-15)20-23-21(29-24-20)18-10-5-11-27-18/h2-12H,13H2,1H3,(H,22,25). The molecule has 8 heteroatoms. The Morgan fingerprint density at radius 3 is 2.83 bits per heavy atom. The predicted molar refractivity (Wildman–Crippen MR) is 105 cm³/mol. The van der Waals surface area contributed by atoms with Gasteiger partial charge in [0.1, 0.15) is 11.5 Å². The molecule has 0 aliphatic carbocycles. The average molecular weight is 391 g/mol. The zero-order valence-corrected chi connectivity index (χ0v) is 15.5. The maximum Gasteiger partial charge on any atom is 0.293 e. The quantitative estimate of drug-likeness (QED) is 0.508. The summed E-state index contributed by atoms with van der Waals surface area (Å²) >= 11 is 0. The number of aromatic nitrogens is 2. The van der Waals surface area contributed by atoms with Gasteiger partial charge in [-0.2, -0.15) is 4.98 Å². The Kier molecular flexibility index (Phi) is 5.24. The lowest BCUT2D eigenvalue weighted by molar-refractivity contribution is -0.118. The molecule has 4 aromatic rings. The molecule has 0 saturated heterocycles. The third kappa shape index (κ3) is 4.27. The number of carbonyl (C=O) groups is 1. The van der Waals surface area contributed by atoms with Gasteiger partial charge in [-0.05, 0) is 36.4 Å². The highest BCUT2D eigenvalue weighted by molar-refractivity contribution is 5.93. The summed E-state index contributed by atoms with van der Waals surface area (Å²) in [6.45, 7) is -0.161. The fraction of sp³-hybridized carbons (Fsp3) is 0.0952. The van der Waals surface area contributed by atoms with Gasteiger partial charge >= 0.3 is 0 Å². The summed E-state index contributed by atoms with van der Waals surface area (Å²) in [6, 6.07) is 17.7. The van der Waals surface area contributed by atoms with E-state index in [2.05, 4.69) is 15.5 Å². The zero-order chi connectivity index (χ0) is 20.1. The van der Waals surface area contributed by atoms with Crippen LogP contribution in [-0.4, -0.2) is 29.8 Å². The van der Waals surface area contributed by atoms with Crippen molar-refractivity contribution in [2.45, 2.75) is 0 Å². The van der Waals surface area contributed by atoms with Gasteiger partial charge in [-0.3, -0.25) is 4.79 Å². The molecule has 29 heavy (non-hydrogen) atoms. The molecule has 0 aliphatic rings. The first-order valence-corrected chi connectivity index (χ1v) is 8.76. The molecule has 0 aliphatic heterocycles. The Morgan fingerprint density at radius 2 is 2.00 bits per heavy atom. The van der Waals surface area contributed by atoms with E-state index in [1.807, 2.05) is 18.2 Å². The summed E-state index contributed by atoms with van der Waals surface area (Å²) in [6.07, 6.45) is 1.53. The largest absolute Gasteiger partial charge is 0.495 e. The lowest BCUT2D eigenvalue weighted by atomic mass is 10.2. The number of benzene rings is 2. The number of hydrogen-bond acceptors (Lipinski definition) is 7. The molecule has 1 amide bonds. The van der Waals surface area contributed by atoms with Crippen LogP contribution in [-0.2, 0) is 4.79 Å². The molecule has 2 heterocycles. The SMILES string of the molecule is COc1ccccc1NC(=O)COc1cccc(-c2noc(-c3ccco3)n2)c1. The molecule has 0 saturated carbocycles. The van der Waals surface area contributed by atoms with Crippen LogP contribution in [0.25, 0.3) is 23.0 Å². The van der Waals surface area contributed by atoms with Crippen LogP contribution >= 0.6 is 0 Å². The lowest BCUT2D eigenvalue weighted by Gasteiger charge is -2.10. The van der Waals surface area contributed by atoms with Crippen LogP contribution in [0.2, 0.25) is 0 Å². The van der Waals surface area contributed by atoms with Crippen molar-refractivity contribution < 1.29 is 23.2 Å². The van der Waals surface area contributed by atoms with Crippen molar-refractivity contribution in [1.29, 1.82) is 0 Å². The van der Waals surface area contributed by atoms with Crippen molar-refractivity contribution in [2.24, 2.45) is 0 Å².